The third-order valence-electron chi connectivity index (χ3n) is 8.93. The van der Waals surface area contributed by atoms with E-state index in [-0.39, 0.29) is 30.7 Å². The molecule has 3 heterocycles. The van der Waals surface area contributed by atoms with Gasteiger partial charge >= 0.3 is 0 Å². The summed E-state index contributed by atoms with van der Waals surface area (Å²) in [5, 5.41) is 20.5. The number of aliphatic hydroxyl groups is 1. The van der Waals surface area contributed by atoms with Crippen LogP contribution in [-0.2, 0) is 20.9 Å². The Labute approximate surface area is 244 Å². The van der Waals surface area contributed by atoms with Crippen molar-refractivity contribution in [2.24, 2.45) is 17.8 Å². The lowest BCUT2D eigenvalue weighted by atomic mass is 9.93. The van der Waals surface area contributed by atoms with Crippen molar-refractivity contribution in [3.8, 4) is 0 Å². The summed E-state index contributed by atoms with van der Waals surface area (Å²) in [4.78, 5) is 57.8. The predicted octanol–water partition coefficient (Wildman–Crippen LogP) is 2.10. The molecule has 6 rings (SSSR count). The first-order chi connectivity index (χ1) is 20.4. The van der Waals surface area contributed by atoms with Crippen molar-refractivity contribution in [1.82, 2.24) is 25.8 Å². The molecule has 3 fully saturated rings. The highest BCUT2D eigenvalue weighted by atomic mass is 16.3. The molecular weight excluding hydrogens is 534 g/mol. The van der Waals surface area contributed by atoms with Crippen LogP contribution in [0.2, 0.25) is 0 Å². The van der Waals surface area contributed by atoms with Crippen LogP contribution < -0.4 is 16.0 Å². The topological polar surface area (TPSA) is 144 Å². The van der Waals surface area contributed by atoms with Crippen molar-refractivity contribution in [2.75, 3.05) is 13.1 Å². The van der Waals surface area contributed by atoms with Gasteiger partial charge in [-0.3, -0.25) is 19.2 Å². The maximum Gasteiger partial charge on any atom is 0.270 e. The summed E-state index contributed by atoms with van der Waals surface area (Å²) in [6, 6.07) is 17.0. The van der Waals surface area contributed by atoms with Gasteiger partial charge in [0.25, 0.3) is 11.8 Å². The number of aromatic nitrogens is 1. The van der Waals surface area contributed by atoms with Gasteiger partial charge in [-0.05, 0) is 61.6 Å². The van der Waals surface area contributed by atoms with Crippen molar-refractivity contribution in [3.05, 3.63) is 71.9 Å². The number of aromatic amines is 1. The second kappa shape index (κ2) is 12.0. The number of nitrogens with zero attached hydrogens (tertiary/aromatic N) is 1. The first-order valence-electron chi connectivity index (χ1n) is 14.8. The normalized spacial score (nSPS) is 23.4. The minimum atomic E-state index is -1.57. The van der Waals surface area contributed by atoms with Crippen LogP contribution in [-0.4, -0.2) is 69.9 Å². The first-order valence-corrected chi connectivity index (χ1v) is 14.8. The zero-order valence-corrected chi connectivity index (χ0v) is 23.4. The van der Waals surface area contributed by atoms with Gasteiger partial charge in [0.15, 0.2) is 6.10 Å². The number of fused-ring (bicyclic) bond motifs is 1. The van der Waals surface area contributed by atoms with Crippen LogP contribution in [0.1, 0.15) is 48.2 Å². The molecule has 220 valence electrons. The zero-order chi connectivity index (χ0) is 29.2. The van der Waals surface area contributed by atoms with Gasteiger partial charge in [-0.25, -0.2) is 0 Å². The fraction of sp³-hybridized carbons (Fsp3) is 0.438. The quantitative estimate of drug-likeness (QED) is 0.253. The van der Waals surface area contributed by atoms with Gasteiger partial charge in [-0.15, -0.1) is 0 Å². The van der Waals surface area contributed by atoms with Crippen molar-refractivity contribution in [1.29, 1.82) is 0 Å². The average Bonchev–Trinajstić information content (AvgIpc) is 3.41. The molecule has 10 heteroatoms. The molecule has 1 saturated carbocycles. The SMILES string of the molecule is O=C(NCc1ccccc1)C(O)[C@H](C[C@@H]1CCNC1=O)NC(=O)[C@@H]1C[C@@H](C2CC2)CN1C(=O)c1cc2ccccc2[nH]1. The highest BCUT2D eigenvalue weighted by molar-refractivity contribution is 6.00. The smallest absolute Gasteiger partial charge is 0.270 e. The summed E-state index contributed by atoms with van der Waals surface area (Å²) in [7, 11) is 0. The van der Waals surface area contributed by atoms with E-state index in [2.05, 4.69) is 20.9 Å². The highest BCUT2D eigenvalue weighted by Crippen LogP contribution is 2.43. The minimum Gasteiger partial charge on any atom is -0.381 e. The standard InChI is InChI=1S/C32H37N5O5/c38-28(31(41)34-17-19-6-2-1-3-7-19)25(15-22-12-13-33-29(22)39)36-30(40)27-16-23(20-10-11-20)18-37(27)32(42)26-14-21-8-4-5-9-24(21)35-26/h1-9,14,20,22-23,25,27-28,35,38H,10-13,15-18H2,(H,33,39)(H,34,41)(H,36,40)/t22-,23+,25-,27-,28?/m0/s1. The van der Waals surface area contributed by atoms with Crippen LogP contribution >= 0.6 is 0 Å². The molecule has 1 aliphatic carbocycles. The third kappa shape index (κ3) is 6.04. The van der Waals surface area contributed by atoms with E-state index in [1.807, 2.05) is 54.6 Å². The van der Waals surface area contributed by atoms with Gasteiger partial charge in [-0.1, -0.05) is 48.5 Å². The Hall–Kier alpha value is -4.18. The first kappa shape index (κ1) is 28.0. The monoisotopic (exact) mass is 571 g/mol. The van der Waals surface area contributed by atoms with E-state index in [9.17, 15) is 24.3 Å². The summed E-state index contributed by atoms with van der Waals surface area (Å²) >= 11 is 0. The molecule has 0 spiro atoms. The predicted molar refractivity (Wildman–Crippen MR) is 156 cm³/mol. The summed E-state index contributed by atoms with van der Waals surface area (Å²) in [5.41, 5.74) is 2.14. The zero-order valence-electron chi connectivity index (χ0n) is 23.4. The number of benzene rings is 2. The van der Waals surface area contributed by atoms with Crippen LogP contribution in [0.5, 0.6) is 0 Å². The van der Waals surface area contributed by atoms with E-state index in [1.165, 1.54) is 0 Å². The van der Waals surface area contributed by atoms with Crippen molar-refractivity contribution >= 4 is 34.5 Å². The number of aliphatic hydroxyl groups excluding tert-OH is 1. The number of hydrogen-bond acceptors (Lipinski definition) is 5. The minimum absolute atomic E-state index is 0.117. The average molecular weight is 572 g/mol. The fourth-order valence-corrected chi connectivity index (χ4v) is 6.39. The molecular formula is C32H37N5O5. The van der Waals surface area contributed by atoms with Crippen molar-refractivity contribution < 1.29 is 24.3 Å². The van der Waals surface area contributed by atoms with Crippen LogP contribution in [0.4, 0.5) is 0 Å². The second-order valence-electron chi connectivity index (χ2n) is 11.9. The molecule has 3 aromatic rings. The Bertz CT molecular complexity index is 1440. The molecule has 0 bridgehead atoms. The lowest BCUT2D eigenvalue weighted by molar-refractivity contribution is -0.134. The molecule has 10 nitrogen and oxygen atoms in total. The Morgan fingerprint density at radius 2 is 1.76 bits per heavy atom. The molecule has 1 unspecified atom stereocenters. The Kier molecular flexibility index (Phi) is 7.97. The Balaban J connectivity index is 1.19. The number of H-pyrrole nitrogens is 1. The number of hydrogen-bond donors (Lipinski definition) is 5. The van der Waals surface area contributed by atoms with Crippen LogP contribution in [0.15, 0.2) is 60.7 Å². The lowest BCUT2D eigenvalue weighted by Crippen LogP contribution is -2.55. The van der Waals surface area contributed by atoms with Gasteiger partial charge in [-0.2, -0.15) is 0 Å². The molecule has 5 N–H and O–H groups in total. The van der Waals surface area contributed by atoms with Crippen LogP contribution in [0.25, 0.3) is 10.9 Å². The molecule has 3 aliphatic rings. The van der Waals surface area contributed by atoms with E-state index < -0.39 is 35.9 Å². The number of likely N-dealkylation sites (tertiary alicyclic amines) is 1. The van der Waals surface area contributed by atoms with E-state index in [0.717, 1.165) is 29.3 Å². The van der Waals surface area contributed by atoms with E-state index in [1.54, 1.807) is 11.0 Å². The molecule has 0 radical (unpaired) electrons. The van der Waals surface area contributed by atoms with Gasteiger partial charge in [0.2, 0.25) is 11.8 Å². The molecule has 4 amide bonds. The molecule has 1 aromatic heterocycles. The third-order valence-corrected chi connectivity index (χ3v) is 8.93. The number of rotatable bonds is 10. The highest BCUT2D eigenvalue weighted by Gasteiger charge is 2.46. The number of amides is 4. The summed E-state index contributed by atoms with van der Waals surface area (Å²) < 4.78 is 0. The molecule has 42 heavy (non-hydrogen) atoms. The van der Waals surface area contributed by atoms with E-state index >= 15 is 0 Å². The van der Waals surface area contributed by atoms with Crippen LogP contribution in [0.3, 0.4) is 0 Å². The summed E-state index contributed by atoms with van der Waals surface area (Å²) in [6.07, 6.45) is 1.81. The van der Waals surface area contributed by atoms with Gasteiger partial charge < -0.3 is 30.9 Å². The fourth-order valence-electron chi connectivity index (χ4n) is 6.39. The molecule has 2 saturated heterocycles. The second-order valence-corrected chi connectivity index (χ2v) is 11.9. The van der Waals surface area contributed by atoms with Gasteiger partial charge in [0, 0.05) is 36.5 Å². The molecule has 5 atom stereocenters. The number of nitrogens with one attached hydrogen (secondary N) is 4. The lowest BCUT2D eigenvalue weighted by Gasteiger charge is -2.29. The molecule has 2 aliphatic heterocycles. The number of carbonyl (C=O) groups excluding carboxylic acids is 4. The summed E-state index contributed by atoms with van der Waals surface area (Å²) in [6.45, 7) is 1.21. The van der Waals surface area contributed by atoms with E-state index in [4.69, 9.17) is 0 Å². The largest absolute Gasteiger partial charge is 0.381 e. The Morgan fingerprint density at radius 3 is 2.48 bits per heavy atom. The molecule has 2 aromatic carbocycles. The van der Waals surface area contributed by atoms with Gasteiger partial charge in [0.05, 0.1) is 6.04 Å². The maximum absolute atomic E-state index is 13.9. The summed E-state index contributed by atoms with van der Waals surface area (Å²) in [5.74, 6) is -1.17. The maximum atomic E-state index is 13.9. The van der Waals surface area contributed by atoms with Crippen molar-refractivity contribution in [2.45, 2.75) is 56.8 Å². The number of para-hydroxylation sites is 1. The van der Waals surface area contributed by atoms with E-state index in [0.29, 0.717) is 37.5 Å². The number of carbonyl (C=O) groups is 4. The Morgan fingerprint density at radius 1 is 1.00 bits per heavy atom. The van der Waals surface area contributed by atoms with Gasteiger partial charge in [0.1, 0.15) is 11.7 Å². The van der Waals surface area contributed by atoms with Crippen LogP contribution in [0, 0.1) is 17.8 Å². The van der Waals surface area contributed by atoms with Crippen molar-refractivity contribution in [3.63, 3.8) is 0 Å².